The summed E-state index contributed by atoms with van der Waals surface area (Å²) in [5.74, 6) is -0.860. The van der Waals surface area contributed by atoms with Crippen LogP contribution >= 0.6 is 22.9 Å². The largest absolute Gasteiger partial charge is 0.469 e. The van der Waals surface area contributed by atoms with Crippen molar-refractivity contribution in [3.05, 3.63) is 20.8 Å². The zero-order valence-electron chi connectivity index (χ0n) is 10.8. The van der Waals surface area contributed by atoms with Gasteiger partial charge in [-0.3, -0.25) is 9.59 Å². The van der Waals surface area contributed by atoms with Gasteiger partial charge >= 0.3 is 5.97 Å². The van der Waals surface area contributed by atoms with Crippen LogP contribution in [0.2, 0.25) is 5.02 Å². The SMILES string of the molecule is COC(=O)C(C)CN(C)C(=O)c1scc(C)c1Cl. The van der Waals surface area contributed by atoms with Crippen molar-refractivity contribution in [2.75, 3.05) is 20.7 Å². The molecule has 0 radical (unpaired) electrons. The Morgan fingerprint density at radius 3 is 2.61 bits per heavy atom. The normalized spacial score (nSPS) is 12.1. The van der Waals surface area contributed by atoms with Crippen molar-refractivity contribution in [2.24, 2.45) is 5.92 Å². The van der Waals surface area contributed by atoms with Crippen LogP contribution in [-0.4, -0.2) is 37.5 Å². The van der Waals surface area contributed by atoms with E-state index >= 15 is 0 Å². The third kappa shape index (κ3) is 3.23. The van der Waals surface area contributed by atoms with E-state index in [1.807, 2.05) is 12.3 Å². The number of hydrogen-bond donors (Lipinski definition) is 0. The molecule has 1 heterocycles. The van der Waals surface area contributed by atoms with E-state index in [0.29, 0.717) is 16.4 Å². The second-order valence-corrected chi connectivity index (χ2v) is 5.43. The molecule has 1 aromatic rings. The minimum Gasteiger partial charge on any atom is -0.469 e. The smallest absolute Gasteiger partial charge is 0.310 e. The van der Waals surface area contributed by atoms with Gasteiger partial charge in [0.1, 0.15) is 4.88 Å². The molecule has 6 heteroatoms. The number of methoxy groups -OCH3 is 1. The van der Waals surface area contributed by atoms with Crippen molar-refractivity contribution < 1.29 is 14.3 Å². The lowest BCUT2D eigenvalue weighted by Crippen LogP contribution is -2.33. The molecule has 1 aromatic heterocycles. The van der Waals surface area contributed by atoms with Crippen molar-refractivity contribution >= 4 is 34.8 Å². The van der Waals surface area contributed by atoms with Gasteiger partial charge < -0.3 is 9.64 Å². The first-order valence-electron chi connectivity index (χ1n) is 5.45. The molecule has 1 rings (SSSR count). The molecule has 0 aliphatic carbocycles. The third-order valence-electron chi connectivity index (χ3n) is 2.59. The molecule has 100 valence electrons. The molecule has 0 aromatic carbocycles. The van der Waals surface area contributed by atoms with Gasteiger partial charge in [-0.05, 0) is 17.9 Å². The Morgan fingerprint density at radius 1 is 1.56 bits per heavy atom. The predicted molar refractivity (Wildman–Crippen MR) is 72.2 cm³/mol. The van der Waals surface area contributed by atoms with Gasteiger partial charge in [0.25, 0.3) is 5.91 Å². The highest BCUT2D eigenvalue weighted by Gasteiger charge is 2.22. The Labute approximate surface area is 115 Å². The van der Waals surface area contributed by atoms with Gasteiger partial charge in [0.2, 0.25) is 0 Å². The van der Waals surface area contributed by atoms with E-state index in [0.717, 1.165) is 5.56 Å². The minimum absolute atomic E-state index is 0.172. The summed E-state index contributed by atoms with van der Waals surface area (Å²) in [6.45, 7) is 3.88. The molecule has 4 nitrogen and oxygen atoms in total. The molecule has 0 N–H and O–H groups in total. The second kappa shape index (κ2) is 6.20. The van der Waals surface area contributed by atoms with Crippen molar-refractivity contribution in [3.8, 4) is 0 Å². The van der Waals surface area contributed by atoms with Crippen LogP contribution in [0.25, 0.3) is 0 Å². The Morgan fingerprint density at radius 2 is 2.17 bits per heavy atom. The van der Waals surface area contributed by atoms with Crippen LogP contribution in [0.5, 0.6) is 0 Å². The Bertz CT molecular complexity index is 458. The number of aryl methyl sites for hydroxylation is 1. The highest BCUT2D eigenvalue weighted by Crippen LogP contribution is 2.28. The molecular formula is C12H16ClNO3S. The van der Waals surface area contributed by atoms with Gasteiger partial charge in [-0.15, -0.1) is 11.3 Å². The van der Waals surface area contributed by atoms with Crippen molar-refractivity contribution in [2.45, 2.75) is 13.8 Å². The summed E-state index contributed by atoms with van der Waals surface area (Å²) >= 11 is 7.36. The molecule has 0 saturated heterocycles. The Hall–Kier alpha value is -1.07. The second-order valence-electron chi connectivity index (χ2n) is 4.17. The van der Waals surface area contributed by atoms with E-state index in [1.165, 1.54) is 23.3 Å². The van der Waals surface area contributed by atoms with Gasteiger partial charge in [0.15, 0.2) is 0 Å². The molecule has 18 heavy (non-hydrogen) atoms. The summed E-state index contributed by atoms with van der Waals surface area (Å²) in [6, 6.07) is 0. The minimum atomic E-state index is -0.358. The average molecular weight is 290 g/mol. The molecule has 0 bridgehead atoms. The van der Waals surface area contributed by atoms with E-state index in [1.54, 1.807) is 14.0 Å². The summed E-state index contributed by atoms with van der Waals surface area (Å²) in [4.78, 5) is 25.4. The zero-order valence-corrected chi connectivity index (χ0v) is 12.4. The lowest BCUT2D eigenvalue weighted by molar-refractivity contribution is -0.145. The highest BCUT2D eigenvalue weighted by molar-refractivity contribution is 7.13. The van der Waals surface area contributed by atoms with Gasteiger partial charge in [-0.1, -0.05) is 18.5 Å². The van der Waals surface area contributed by atoms with Crippen LogP contribution in [0.4, 0.5) is 0 Å². The van der Waals surface area contributed by atoms with Gasteiger partial charge in [-0.2, -0.15) is 0 Å². The fourth-order valence-electron chi connectivity index (χ4n) is 1.52. The predicted octanol–water partition coefficient (Wildman–Crippen LogP) is 2.59. The number of hydrogen-bond acceptors (Lipinski definition) is 4. The topological polar surface area (TPSA) is 46.6 Å². The number of carbonyl (C=O) groups excluding carboxylic acids is 2. The maximum Gasteiger partial charge on any atom is 0.310 e. The van der Waals surface area contributed by atoms with Crippen molar-refractivity contribution in [1.29, 1.82) is 0 Å². The lowest BCUT2D eigenvalue weighted by Gasteiger charge is -2.19. The molecule has 1 amide bonds. The lowest BCUT2D eigenvalue weighted by atomic mass is 10.1. The van der Waals surface area contributed by atoms with Crippen LogP contribution < -0.4 is 0 Å². The number of nitrogens with zero attached hydrogens (tertiary/aromatic N) is 1. The van der Waals surface area contributed by atoms with Crippen LogP contribution in [0.1, 0.15) is 22.2 Å². The highest BCUT2D eigenvalue weighted by atomic mass is 35.5. The first-order valence-corrected chi connectivity index (χ1v) is 6.71. The molecule has 0 saturated carbocycles. The molecule has 1 unspecified atom stereocenters. The van der Waals surface area contributed by atoms with Gasteiger partial charge in [0.05, 0.1) is 18.1 Å². The summed E-state index contributed by atoms with van der Waals surface area (Å²) in [7, 11) is 2.98. The maximum atomic E-state index is 12.1. The molecule has 0 aliphatic heterocycles. The van der Waals surface area contributed by atoms with E-state index in [9.17, 15) is 9.59 Å². The maximum absolute atomic E-state index is 12.1. The molecule has 0 fully saturated rings. The number of thiophene rings is 1. The van der Waals surface area contributed by atoms with Crippen molar-refractivity contribution in [1.82, 2.24) is 4.90 Å². The third-order valence-corrected chi connectivity index (χ3v) is 4.28. The monoisotopic (exact) mass is 289 g/mol. The first-order chi connectivity index (χ1) is 8.38. The molecular weight excluding hydrogens is 274 g/mol. The Balaban J connectivity index is 2.73. The van der Waals surface area contributed by atoms with E-state index in [-0.39, 0.29) is 17.8 Å². The molecule has 1 atom stereocenters. The molecule has 0 spiro atoms. The number of halogens is 1. The zero-order chi connectivity index (χ0) is 13.9. The van der Waals surface area contributed by atoms with Crippen LogP contribution in [0, 0.1) is 12.8 Å². The summed E-state index contributed by atoms with van der Waals surface area (Å²) in [5.41, 5.74) is 0.888. The van der Waals surface area contributed by atoms with Gasteiger partial charge in [0, 0.05) is 13.6 Å². The summed E-state index contributed by atoms with van der Waals surface area (Å²) in [5, 5.41) is 2.33. The standard InChI is InChI=1S/C12H16ClNO3S/c1-7(12(16)17-4)5-14(3)11(15)10-9(13)8(2)6-18-10/h6-7H,5H2,1-4H3. The molecule has 0 aliphatic rings. The van der Waals surface area contributed by atoms with Crippen LogP contribution in [0.15, 0.2) is 5.38 Å². The Kier molecular flexibility index (Phi) is 5.16. The number of ether oxygens (including phenoxy) is 1. The number of esters is 1. The van der Waals surface area contributed by atoms with Crippen LogP contribution in [0.3, 0.4) is 0 Å². The van der Waals surface area contributed by atoms with E-state index in [4.69, 9.17) is 11.6 Å². The quantitative estimate of drug-likeness (QED) is 0.801. The van der Waals surface area contributed by atoms with E-state index < -0.39 is 0 Å². The van der Waals surface area contributed by atoms with Crippen molar-refractivity contribution in [3.63, 3.8) is 0 Å². The number of rotatable bonds is 4. The number of carbonyl (C=O) groups is 2. The summed E-state index contributed by atoms with van der Waals surface area (Å²) < 4.78 is 4.63. The fourth-order valence-corrected chi connectivity index (χ4v) is 2.78. The first kappa shape index (κ1) is 15.0. The van der Waals surface area contributed by atoms with Crippen LogP contribution in [-0.2, 0) is 9.53 Å². The summed E-state index contributed by atoms with van der Waals surface area (Å²) in [6.07, 6.45) is 0. The number of amides is 1. The average Bonchev–Trinajstić information content (AvgIpc) is 2.67. The van der Waals surface area contributed by atoms with E-state index in [2.05, 4.69) is 4.74 Å². The fraction of sp³-hybridized carbons (Fsp3) is 0.500. The van der Waals surface area contributed by atoms with Gasteiger partial charge in [-0.25, -0.2) is 0 Å².